The van der Waals surface area contributed by atoms with Crippen molar-refractivity contribution in [3.63, 3.8) is 0 Å². The molecule has 0 aliphatic carbocycles. The maximum Gasteiger partial charge on any atom is 0.187 e. The molecule has 1 aromatic carbocycles. The van der Waals surface area contributed by atoms with E-state index >= 15 is 0 Å². The van der Waals surface area contributed by atoms with Crippen molar-refractivity contribution in [1.82, 2.24) is 4.98 Å². The molecule has 1 atom stereocenters. The zero-order valence-electron chi connectivity index (χ0n) is 8.47. The fraction of sp³-hybridized carbons (Fsp3) is 0.182. The first-order valence-electron chi connectivity index (χ1n) is 4.79. The predicted molar refractivity (Wildman–Crippen MR) is 64.4 cm³/mol. The molecule has 0 saturated carbocycles. The summed E-state index contributed by atoms with van der Waals surface area (Å²) in [5.41, 5.74) is 6.81. The van der Waals surface area contributed by atoms with E-state index in [4.69, 9.17) is 5.73 Å². The van der Waals surface area contributed by atoms with Gasteiger partial charge in [0.1, 0.15) is 0 Å². The number of nitrogens with two attached hydrogens (primary N) is 1. The Balaban J connectivity index is 2.12. The molecule has 3 nitrogen and oxygen atoms in total. The van der Waals surface area contributed by atoms with Crippen LogP contribution in [0.4, 0.5) is 10.8 Å². The number of hydrogen-bond donors (Lipinski definition) is 2. The van der Waals surface area contributed by atoms with Crippen molar-refractivity contribution in [3.8, 4) is 0 Å². The molecule has 0 fully saturated rings. The molecule has 0 radical (unpaired) electrons. The maximum absolute atomic E-state index is 5.76. The van der Waals surface area contributed by atoms with Gasteiger partial charge in [0, 0.05) is 22.8 Å². The van der Waals surface area contributed by atoms with Gasteiger partial charge in [0.25, 0.3) is 0 Å². The van der Waals surface area contributed by atoms with Crippen molar-refractivity contribution in [1.29, 1.82) is 0 Å². The minimum Gasteiger partial charge on any atom is -0.332 e. The maximum atomic E-state index is 5.76. The van der Waals surface area contributed by atoms with E-state index in [2.05, 4.69) is 10.3 Å². The van der Waals surface area contributed by atoms with Crippen LogP contribution in [0.2, 0.25) is 0 Å². The van der Waals surface area contributed by atoms with Crippen LogP contribution in [0.15, 0.2) is 36.5 Å². The van der Waals surface area contributed by atoms with Crippen LogP contribution in [0.3, 0.4) is 0 Å². The van der Waals surface area contributed by atoms with Gasteiger partial charge in [-0.05, 0) is 19.1 Å². The summed E-state index contributed by atoms with van der Waals surface area (Å²) >= 11 is 1.59. The first-order valence-corrected chi connectivity index (χ1v) is 5.61. The summed E-state index contributed by atoms with van der Waals surface area (Å²) in [7, 11) is 0. The predicted octanol–water partition coefficient (Wildman–Crippen LogP) is 2.91. The van der Waals surface area contributed by atoms with Crippen molar-refractivity contribution in [2.24, 2.45) is 5.73 Å². The van der Waals surface area contributed by atoms with E-state index in [1.54, 1.807) is 11.3 Å². The average Bonchev–Trinajstić information content (AvgIpc) is 2.68. The third-order valence-electron chi connectivity index (χ3n) is 2.00. The monoisotopic (exact) mass is 219 g/mol. The highest BCUT2D eigenvalue weighted by Crippen LogP contribution is 2.25. The van der Waals surface area contributed by atoms with Gasteiger partial charge >= 0.3 is 0 Å². The number of rotatable bonds is 3. The zero-order chi connectivity index (χ0) is 10.7. The van der Waals surface area contributed by atoms with Crippen LogP contribution >= 0.6 is 11.3 Å². The number of nitrogens with zero attached hydrogens (tertiary/aromatic N) is 1. The van der Waals surface area contributed by atoms with Crippen molar-refractivity contribution in [2.45, 2.75) is 13.0 Å². The Morgan fingerprint density at radius 2 is 2.07 bits per heavy atom. The molecule has 0 bridgehead atoms. The fourth-order valence-electron chi connectivity index (χ4n) is 1.20. The molecule has 3 N–H and O–H groups in total. The minimum absolute atomic E-state index is 0.0498. The van der Waals surface area contributed by atoms with E-state index in [1.807, 2.05) is 43.5 Å². The van der Waals surface area contributed by atoms with E-state index in [0.29, 0.717) is 0 Å². The highest BCUT2D eigenvalue weighted by atomic mass is 32.1. The summed E-state index contributed by atoms with van der Waals surface area (Å²) in [6.45, 7) is 1.96. The second-order valence-corrected chi connectivity index (χ2v) is 4.41. The van der Waals surface area contributed by atoms with Gasteiger partial charge < -0.3 is 11.1 Å². The first-order chi connectivity index (χ1) is 7.25. The Kier molecular flexibility index (Phi) is 2.99. The Morgan fingerprint density at radius 3 is 2.67 bits per heavy atom. The van der Waals surface area contributed by atoms with Gasteiger partial charge in [-0.1, -0.05) is 18.2 Å². The Labute approximate surface area is 93.0 Å². The molecule has 0 aliphatic rings. The molecule has 15 heavy (non-hydrogen) atoms. The van der Waals surface area contributed by atoms with Crippen LogP contribution in [-0.4, -0.2) is 4.98 Å². The highest BCUT2D eigenvalue weighted by molar-refractivity contribution is 7.15. The van der Waals surface area contributed by atoms with E-state index in [-0.39, 0.29) is 6.04 Å². The highest BCUT2D eigenvalue weighted by Gasteiger charge is 2.05. The number of anilines is 2. The van der Waals surface area contributed by atoms with Crippen molar-refractivity contribution in [2.75, 3.05) is 5.32 Å². The van der Waals surface area contributed by atoms with Crippen LogP contribution in [0.5, 0.6) is 0 Å². The summed E-state index contributed by atoms with van der Waals surface area (Å²) in [6, 6.07) is 10.0. The third kappa shape index (κ3) is 2.55. The lowest BCUT2D eigenvalue weighted by Gasteiger charge is -2.01. The van der Waals surface area contributed by atoms with Crippen molar-refractivity contribution >= 4 is 22.2 Å². The Hall–Kier alpha value is -1.39. The van der Waals surface area contributed by atoms with Gasteiger partial charge in [-0.2, -0.15) is 0 Å². The molecule has 1 aromatic heterocycles. The molecule has 0 spiro atoms. The van der Waals surface area contributed by atoms with Crippen molar-refractivity contribution in [3.05, 3.63) is 41.4 Å². The van der Waals surface area contributed by atoms with E-state index in [9.17, 15) is 0 Å². The lowest BCUT2D eigenvalue weighted by atomic mass is 10.3. The smallest absolute Gasteiger partial charge is 0.187 e. The molecular formula is C11H13N3S. The number of aromatic nitrogens is 1. The van der Waals surface area contributed by atoms with Crippen LogP contribution in [-0.2, 0) is 0 Å². The number of nitrogens with one attached hydrogen (secondary N) is 1. The SMILES string of the molecule is CC(N)c1cnc(Nc2ccccc2)s1. The molecule has 0 amide bonds. The van der Waals surface area contributed by atoms with Crippen LogP contribution in [0.1, 0.15) is 17.8 Å². The van der Waals surface area contributed by atoms with E-state index < -0.39 is 0 Å². The van der Waals surface area contributed by atoms with E-state index in [0.717, 1.165) is 15.7 Å². The summed E-state index contributed by atoms with van der Waals surface area (Å²) in [6.07, 6.45) is 1.82. The van der Waals surface area contributed by atoms with Crippen LogP contribution in [0, 0.1) is 0 Å². The molecule has 4 heteroatoms. The third-order valence-corrected chi connectivity index (χ3v) is 3.11. The average molecular weight is 219 g/mol. The second-order valence-electron chi connectivity index (χ2n) is 3.35. The van der Waals surface area contributed by atoms with Crippen LogP contribution in [0.25, 0.3) is 0 Å². The summed E-state index contributed by atoms with van der Waals surface area (Å²) in [4.78, 5) is 5.35. The fourth-order valence-corrected chi connectivity index (χ4v) is 1.99. The van der Waals surface area contributed by atoms with Gasteiger partial charge in [-0.3, -0.25) is 0 Å². The minimum atomic E-state index is 0.0498. The second kappa shape index (κ2) is 4.42. The topological polar surface area (TPSA) is 50.9 Å². The van der Waals surface area contributed by atoms with Gasteiger partial charge in [0.05, 0.1) is 0 Å². The molecule has 2 rings (SSSR count). The van der Waals surface area contributed by atoms with Crippen LogP contribution < -0.4 is 11.1 Å². The summed E-state index contributed by atoms with van der Waals surface area (Å²) < 4.78 is 0. The summed E-state index contributed by atoms with van der Waals surface area (Å²) in [5.74, 6) is 0. The largest absolute Gasteiger partial charge is 0.332 e. The van der Waals surface area contributed by atoms with Gasteiger partial charge in [0.2, 0.25) is 0 Å². The van der Waals surface area contributed by atoms with Gasteiger partial charge in [0.15, 0.2) is 5.13 Å². The number of hydrogen-bond acceptors (Lipinski definition) is 4. The lowest BCUT2D eigenvalue weighted by molar-refractivity contribution is 0.835. The van der Waals surface area contributed by atoms with Gasteiger partial charge in [-0.25, -0.2) is 4.98 Å². The lowest BCUT2D eigenvalue weighted by Crippen LogP contribution is -2.01. The Morgan fingerprint density at radius 1 is 1.33 bits per heavy atom. The molecular weight excluding hydrogens is 206 g/mol. The molecule has 0 aliphatic heterocycles. The standard InChI is InChI=1S/C11H13N3S/c1-8(12)10-7-13-11(15-10)14-9-5-3-2-4-6-9/h2-8H,12H2,1H3,(H,13,14). The van der Waals surface area contributed by atoms with E-state index in [1.165, 1.54) is 0 Å². The molecule has 0 saturated heterocycles. The molecule has 1 unspecified atom stereocenters. The number of thiazole rings is 1. The Bertz CT molecular complexity index is 422. The van der Waals surface area contributed by atoms with Crippen molar-refractivity contribution < 1.29 is 0 Å². The van der Waals surface area contributed by atoms with Gasteiger partial charge in [-0.15, -0.1) is 11.3 Å². The normalized spacial score (nSPS) is 12.4. The zero-order valence-corrected chi connectivity index (χ0v) is 9.29. The molecule has 78 valence electrons. The first kappa shape index (κ1) is 10.1. The number of para-hydroxylation sites is 1. The quantitative estimate of drug-likeness (QED) is 0.834. The summed E-state index contributed by atoms with van der Waals surface area (Å²) in [5, 5.41) is 4.11. The molecule has 2 aromatic rings. The molecule has 1 heterocycles. The number of benzene rings is 1.